The highest BCUT2D eigenvalue weighted by Crippen LogP contribution is 2.19. The van der Waals surface area contributed by atoms with Gasteiger partial charge in [0, 0.05) is 18.7 Å². The Morgan fingerprint density at radius 3 is 2.17 bits per heavy atom. The van der Waals surface area contributed by atoms with Crippen LogP contribution in [0.25, 0.3) is 0 Å². The Morgan fingerprint density at radius 2 is 1.57 bits per heavy atom. The molecule has 0 aromatic heterocycles. The molecule has 1 saturated heterocycles. The summed E-state index contributed by atoms with van der Waals surface area (Å²) in [5.41, 5.74) is 1.86. The quantitative estimate of drug-likeness (QED) is 0.642. The third-order valence-corrected chi connectivity index (χ3v) is 5.24. The van der Waals surface area contributed by atoms with Crippen molar-refractivity contribution < 1.29 is 8.42 Å². The summed E-state index contributed by atoms with van der Waals surface area (Å²) in [6, 6.07) is 16.3. The maximum atomic E-state index is 12.7. The molecule has 5 heteroatoms. The normalized spacial score (nSPS) is 15.9. The Labute approximate surface area is 137 Å². The number of aryl methyl sites for hydroxylation is 1. The van der Waals surface area contributed by atoms with Crippen molar-refractivity contribution in [1.82, 2.24) is 4.90 Å². The fourth-order valence-corrected chi connectivity index (χ4v) is 3.72. The van der Waals surface area contributed by atoms with Crippen LogP contribution in [0.2, 0.25) is 0 Å². The number of benzene rings is 2. The second-order valence-corrected chi connectivity index (χ2v) is 7.37. The van der Waals surface area contributed by atoms with E-state index in [1.54, 1.807) is 24.3 Å². The lowest BCUT2D eigenvalue weighted by Crippen LogP contribution is -2.29. The first-order valence-electron chi connectivity index (χ1n) is 7.78. The number of rotatable bonds is 3. The van der Waals surface area contributed by atoms with Crippen molar-refractivity contribution in [2.45, 2.75) is 24.7 Å². The molecule has 1 aliphatic rings. The molecule has 1 fully saturated rings. The molecule has 1 heterocycles. The van der Waals surface area contributed by atoms with Gasteiger partial charge in [0.15, 0.2) is 0 Å². The Kier molecular flexibility index (Phi) is 4.48. The molecule has 4 nitrogen and oxygen atoms in total. The fraction of sp³-hybridized carbons (Fsp3) is 0.278. The summed E-state index contributed by atoms with van der Waals surface area (Å²) in [6.45, 7) is 3.62. The van der Waals surface area contributed by atoms with E-state index < -0.39 is 10.0 Å². The van der Waals surface area contributed by atoms with Crippen LogP contribution in [0.3, 0.4) is 0 Å². The van der Waals surface area contributed by atoms with Crippen molar-refractivity contribution in [3.63, 3.8) is 0 Å². The third kappa shape index (κ3) is 3.62. The minimum atomic E-state index is -3.72. The average molecular weight is 328 g/mol. The van der Waals surface area contributed by atoms with Crippen LogP contribution >= 0.6 is 0 Å². The van der Waals surface area contributed by atoms with E-state index in [0.717, 1.165) is 37.1 Å². The molecule has 0 saturated carbocycles. The lowest BCUT2D eigenvalue weighted by molar-refractivity contribution is 0.520. The molecule has 0 aliphatic carbocycles. The van der Waals surface area contributed by atoms with Gasteiger partial charge in [-0.1, -0.05) is 48.0 Å². The Balaban J connectivity index is 2.04. The first-order valence-corrected chi connectivity index (χ1v) is 9.22. The number of likely N-dealkylation sites (tertiary alicyclic amines) is 1. The van der Waals surface area contributed by atoms with Crippen LogP contribution in [0.5, 0.6) is 0 Å². The van der Waals surface area contributed by atoms with E-state index in [1.807, 2.05) is 37.3 Å². The monoisotopic (exact) mass is 328 g/mol. The molecule has 0 spiro atoms. The number of hydrogen-bond acceptors (Lipinski definition) is 2. The molecule has 3 rings (SSSR count). The standard InChI is InChI=1S/C18H20N2O2S/c1-15-9-11-17(12-10-15)23(21,22)19-18(20-13-5-6-14-20)16-7-3-2-4-8-16/h2-4,7-12H,5-6,13-14H2,1H3/b19-18+. The van der Waals surface area contributed by atoms with E-state index in [2.05, 4.69) is 9.30 Å². The van der Waals surface area contributed by atoms with Crippen molar-refractivity contribution in [2.75, 3.05) is 13.1 Å². The molecule has 0 radical (unpaired) electrons. The van der Waals surface area contributed by atoms with E-state index in [1.165, 1.54) is 0 Å². The Bertz CT molecular complexity index is 791. The smallest absolute Gasteiger partial charge is 0.284 e. The number of nitrogens with zero attached hydrogens (tertiary/aromatic N) is 2. The summed E-state index contributed by atoms with van der Waals surface area (Å²) in [7, 11) is -3.72. The van der Waals surface area contributed by atoms with Gasteiger partial charge < -0.3 is 4.90 Å². The summed E-state index contributed by atoms with van der Waals surface area (Å²) < 4.78 is 29.5. The molecule has 1 aliphatic heterocycles. The zero-order valence-electron chi connectivity index (χ0n) is 13.1. The molecule has 2 aromatic carbocycles. The topological polar surface area (TPSA) is 49.7 Å². The summed E-state index contributed by atoms with van der Waals surface area (Å²) in [4.78, 5) is 2.29. The van der Waals surface area contributed by atoms with Gasteiger partial charge in [0.1, 0.15) is 5.84 Å². The summed E-state index contributed by atoms with van der Waals surface area (Å²) in [6.07, 6.45) is 2.13. The molecule has 0 atom stereocenters. The predicted octanol–water partition coefficient (Wildman–Crippen LogP) is 3.23. The van der Waals surface area contributed by atoms with Crippen LogP contribution in [-0.2, 0) is 10.0 Å². The van der Waals surface area contributed by atoms with Gasteiger partial charge in [-0.15, -0.1) is 4.40 Å². The van der Waals surface area contributed by atoms with Gasteiger partial charge in [-0.2, -0.15) is 8.42 Å². The Hall–Kier alpha value is -2.14. The summed E-state index contributed by atoms with van der Waals surface area (Å²) in [5, 5.41) is 0. The number of sulfonamides is 1. The maximum absolute atomic E-state index is 12.7. The number of hydrogen-bond donors (Lipinski definition) is 0. The molecular weight excluding hydrogens is 308 g/mol. The van der Waals surface area contributed by atoms with E-state index in [9.17, 15) is 8.42 Å². The minimum Gasteiger partial charge on any atom is -0.355 e. The average Bonchev–Trinajstić information content (AvgIpc) is 3.08. The second kappa shape index (κ2) is 6.54. The van der Waals surface area contributed by atoms with E-state index in [4.69, 9.17) is 0 Å². The molecule has 0 amide bonds. The second-order valence-electron chi connectivity index (χ2n) is 5.76. The van der Waals surface area contributed by atoms with Crippen LogP contribution in [0, 0.1) is 6.92 Å². The largest absolute Gasteiger partial charge is 0.355 e. The third-order valence-electron chi connectivity index (χ3n) is 3.96. The lowest BCUT2D eigenvalue weighted by atomic mass is 10.2. The number of amidine groups is 1. The van der Waals surface area contributed by atoms with Crippen LogP contribution in [-0.4, -0.2) is 32.2 Å². The molecule has 0 N–H and O–H groups in total. The van der Waals surface area contributed by atoms with Gasteiger partial charge >= 0.3 is 0 Å². The van der Waals surface area contributed by atoms with Gasteiger partial charge in [-0.05, 0) is 31.9 Å². The van der Waals surface area contributed by atoms with E-state index >= 15 is 0 Å². The minimum absolute atomic E-state index is 0.232. The zero-order valence-corrected chi connectivity index (χ0v) is 14.0. The molecule has 120 valence electrons. The lowest BCUT2D eigenvalue weighted by Gasteiger charge is -2.20. The van der Waals surface area contributed by atoms with Crippen molar-refractivity contribution >= 4 is 15.9 Å². The van der Waals surface area contributed by atoms with Gasteiger partial charge in [0.05, 0.1) is 4.90 Å². The molecule has 0 bridgehead atoms. The predicted molar refractivity (Wildman–Crippen MR) is 92.2 cm³/mol. The van der Waals surface area contributed by atoms with Crippen LogP contribution < -0.4 is 0 Å². The van der Waals surface area contributed by atoms with Crippen LogP contribution in [0.15, 0.2) is 63.9 Å². The molecular formula is C18H20N2O2S. The highest BCUT2D eigenvalue weighted by molar-refractivity contribution is 7.90. The molecule has 2 aromatic rings. The van der Waals surface area contributed by atoms with E-state index in [-0.39, 0.29) is 4.90 Å². The van der Waals surface area contributed by atoms with E-state index in [0.29, 0.717) is 5.84 Å². The van der Waals surface area contributed by atoms with Gasteiger partial charge in [0.25, 0.3) is 10.0 Å². The van der Waals surface area contributed by atoms with Crippen LogP contribution in [0.4, 0.5) is 0 Å². The highest BCUT2D eigenvalue weighted by atomic mass is 32.2. The maximum Gasteiger partial charge on any atom is 0.284 e. The Morgan fingerprint density at radius 1 is 0.957 bits per heavy atom. The first-order chi connectivity index (χ1) is 11.1. The highest BCUT2D eigenvalue weighted by Gasteiger charge is 2.22. The fourth-order valence-electron chi connectivity index (χ4n) is 2.69. The van der Waals surface area contributed by atoms with Gasteiger partial charge in [0.2, 0.25) is 0 Å². The SMILES string of the molecule is Cc1ccc(S(=O)(=O)/N=C(\c2ccccc2)N2CCCC2)cc1. The van der Waals surface area contributed by atoms with Crippen molar-refractivity contribution in [2.24, 2.45) is 4.40 Å². The van der Waals surface area contributed by atoms with Crippen molar-refractivity contribution in [3.05, 3.63) is 65.7 Å². The first kappa shape index (κ1) is 15.7. The molecule has 0 unspecified atom stereocenters. The zero-order chi connectivity index (χ0) is 16.3. The molecule has 23 heavy (non-hydrogen) atoms. The van der Waals surface area contributed by atoms with Crippen molar-refractivity contribution in [3.8, 4) is 0 Å². The summed E-state index contributed by atoms with van der Waals surface area (Å²) in [5.74, 6) is 0.545. The van der Waals surface area contributed by atoms with Crippen molar-refractivity contribution in [1.29, 1.82) is 0 Å². The van der Waals surface area contributed by atoms with Gasteiger partial charge in [-0.25, -0.2) is 0 Å². The van der Waals surface area contributed by atoms with Gasteiger partial charge in [-0.3, -0.25) is 0 Å². The summed E-state index contributed by atoms with van der Waals surface area (Å²) >= 11 is 0. The van der Waals surface area contributed by atoms with Crippen LogP contribution in [0.1, 0.15) is 24.0 Å².